The molecule has 0 radical (unpaired) electrons. The van der Waals surface area contributed by atoms with Crippen LogP contribution in [0.15, 0.2) is 48.5 Å². The van der Waals surface area contributed by atoms with Crippen LogP contribution in [0.2, 0.25) is 0 Å². The van der Waals surface area contributed by atoms with Gasteiger partial charge in [0.05, 0.1) is 18.6 Å². The average Bonchev–Trinajstić information content (AvgIpc) is 3.26. The van der Waals surface area contributed by atoms with Gasteiger partial charge in [-0.3, -0.25) is 9.59 Å². The zero-order chi connectivity index (χ0) is 24.0. The molecule has 2 aromatic rings. The van der Waals surface area contributed by atoms with Crippen molar-refractivity contribution >= 4 is 11.8 Å². The molecule has 1 aliphatic rings. The molecule has 0 bridgehead atoms. The molecule has 9 heteroatoms. The summed E-state index contributed by atoms with van der Waals surface area (Å²) >= 11 is 0. The number of carbonyl (C=O) groups is 2. The number of benzene rings is 2. The lowest BCUT2D eigenvalue weighted by molar-refractivity contribution is -0.137. The highest BCUT2D eigenvalue weighted by Gasteiger charge is 2.41. The van der Waals surface area contributed by atoms with Crippen LogP contribution in [0.4, 0.5) is 13.2 Å². The number of hydrogen-bond donors (Lipinski definition) is 1. The second-order valence-electron chi connectivity index (χ2n) is 7.92. The van der Waals surface area contributed by atoms with Crippen LogP contribution < -0.4 is 10.1 Å². The number of ether oxygens (including phenoxy) is 2. The number of likely N-dealkylation sites (tertiary alicyclic amines) is 1. The summed E-state index contributed by atoms with van der Waals surface area (Å²) in [4.78, 5) is 27.6. The number of carbonyl (C=O) groups excluding carboxylic acids is 2. The Labute approximate surface area is 190 Å². The topological polar surface area (TPSA) is 67.9 Å². The molecule has 0 aliphatic carbocycles. The van der Waals surface area contributed by atoms with Crippen molar-refractivity contribution in [2.45, 2.75) is 18.5 Å². The van der Waals surface area contributed by atoms with Gasteiger partial charge < -0.3 is 19.7 Å². The Morgan fingerprint density at radius 3 is 2.55 bits per heavy atom. The summed E-state index contributed by atoms with van der Waals surface area (Å²) in [6.07, 6.45) is -3.89. The molecule has 2 unspecified atom stereocenters. The molecule has 1 fully saturated rings. The third-order valence-corrected chi connectivity index (χ3v) is 5.73. The van der Waals surface area contributed by atoms with Crippen LogP contribution in [-0.4, -0.2) is 57.2 Å². The molecule has 33 heavy (non-hydrogen) atoms. The average molecular weight is 464 g/mol. The first-order valence-electron chi connectivity index (χ1n) is 10.6. The second kappa shape index (κ2) is 10.7. The first kappa shape index (κ1) is 24.6. The van der Waals surface area contributed by atoms with Crippen LogP contribution in [-0.2, 0) is 15.7 Å². The van der Waals surface area contributed by atoms with Crippen molar-refractivity contribution in [3.63, 3.8) is 0 Å². The van der Waals surface area contributed by atoms with E-state index < -0.39 is 23.6 Å². The molecule has 3 rings (SSSR count). The highest BCUT2D eigenvalue weighted by Crippen LogP contribution is 2.37. The summed E-state index contributed by atoms with van der Waals surface area (Å²) in [5, 5.41) is 2.82. The number of rotatable bonds is 8. The van der Waals surface area contributed by atoms with Crippen molar-refractivity contribution in [2.24, 2.45) is 5.92 Å². The van der Waals surface area contributed by atoms with E-state index in [4.69, 9.17) is 9.47 Å². The van der Waals surface area contributed by atoms with Gasteiger partial charge in [-0.05, 0) is 36.2 Å². The van der Waals surface area contributed by atoms with Gasteiger partial charge in [0.25, 0.3) is 5.91 Å². The van der Waals surface area contributed by atoms with Gasteiger partial charge in [0.2, 0.25) is 5.91 Å². The number of alkyl halides is 3. The Morgan fingerprint density at radius 2 is 1.85 bits per heavy atom. The first-order chi connectivity index (χ1) is 15.7. The van der Waals surface area contributed by atoms with Crippen LogP contribution in [0, 0.1) is 5.92 Å². The van der Waals surface area contributed by atoms with Gasteiger partial charge in [-0.15, -0.1) is 0 Å². The number of nitrogens with one attached hydrogen (secondary N) is 1. The number of halogens is 3. The zero-order valence-electron chi connectivity index (χ0n) is 18.5. The summed E-state index contributed by atoms with van der Waals surface area (Å²) < 4.78 is 50.0. The molecular weight excluding hydrogens is 437 g/mol. The van der Waals surface area contributed by atoms with Crippen molar-refractivity contribution in [1.29, 1.82) is 0 Å². The molecule has 6 nitrogen and oxygen atoms in total. The second-order valence-corrected chi connectivity index (χ2v) is 7.92. The fraction of sp³-hybridized carbons (Fsp3) is 0.417. The van der Waals surface area contributed by atoms with Crippen LogP contribution in [0.1, 0.15) is 33.8 Å². The van der Waals surface area contributed by atoms with Crippen molar-refractivity contribution in [3.8, 4) is 5.75 Å². The monoisotopic (exact) mass is 464 g/mol. The molecule has 2 amide bonds. The quantitative estimate of drug-likeness (QED) is 0.605. The molecule has 178 valence electrons. The fourth-order valence-electron chi connectivity index (χ4n) is 4.02. The van der Waals surface area contributed by atoms with Crippen LogP contribution in [0.3, 0.4) is 0 Å². The molecule has 1 heterocycles. The summed E-state index contributed by atoms with van der Waals surface area (Å²) in [5.74, 6) is -1.33. The maximum Gasteiger partial charge on any atom is 0.416 e. The van der Waals surface area contributed by atoms with E-state index in [1.54, 1.807) is 37.4 Å². The fourth-order valence-corrected chi connectivity index (χ4v) is 4.02. The highest BCUT2D eigenvalue weighted by molar-refractivity contribution is 5.95. The van der Waals surface area contributed by atoms with Crippen molar-refractivity contribution in [2.75, 3.05) is 40.5 Å². The lowest BCUT2D eigenvalue weighted by atomic mass is 9.87. The van der Waals surface area contributed by atoms with Gasteiger partial charge in [0, 0.05) is 44.8 Å². The van der Waals surface area contributed by atoms with E-state index >= 15 is 0 Å². The van der Waals surface area contributed by atoms with Gasteiger partial charge in [-0.25, -0.2) is 0 Å². The summed E-state index contributed by atoms with van der Waals surface area (Å²) in [5.41, 5.74) is -0.0158. The number of methoxy groups -OCH3 is 2. The van der Waals surface area contributed by atoms with E-state index in [1.807, 2.05) is 0 Å². The van der Waals surface area contributed by atoms with Crippen molar-refractivity contribution < 1.29 is 32.2 Å². The standard InChI is InChI=1S/C24H27F3N2O4/c1-32-11-5-10-28-22(30)21-15-29(23(31)17-7-4-9-19(13-17)33-2)14-20(21)16-6-3-8-18(12-16)24(25,26)27/h3-4,6-9,12-13,20-21H,5,10-11,14-15H2,1-2H3,(H,28,30). The minimum Gasteiger partial charge on any atom is -0.497 e. The first-order valence-corrected chi connectivity index (χ1v) is 10.6. The van der Waals surface area contributed by atoms with Gasteiger partial charge in [0.15, 0.2) is 0 Å². The van der Waals surface area contributed by atoms with Gasteiger partial charge in [-0.1, -0.05) is 24.3 Å². The molecule has 0 aromatic heterocycles. The molecule has 1 N–H and O–H groups in total. The normalized spacial score (nSPS) is 18.3. The highest BCUT2D eigenvalue weighted by atomic mass is 19.4. The number of nitrogens with zero attached hydrogens (tertiary/aromatic N) is 1. The molecule has 0 saturated carbocycles. The van der Waals surface area contributed by atoms with Crippen LogP contribution in [0.25, 0.3) is 0 Å². The maximum atomic E-state index is 13.3. The molecule has 1 saturated heterocycles. The van der Waals surface area contributed by atoms with Crippen molar-refractivity contribution in [1.82, 2.24) is 10.2 Å². The van der Waals surface area contributed by atoms with E-state index in [0.29, 0.717) is 36.4 Å². The lowest BCUT2D eigenvalue weighted by Gasteiger charge is -2.19. The minimum absolute atomic E-state index is 0.104. The molecule has 2 atom stereocenters. The number of hydrogen-bond acceptors (Lipinski definition) is 4. The predicted molar refractivity (Wildman–Crippen MR) is 116 cm³/mol. The molecule has 0 spiro atoms. The Hall–Kier alpha value is -3.07. The minimum atomic E-state index is -4.50. The smallest absolute Gasteiger partial charge is 0.416 e. The third-order valence-electron chi connectivity index (χ3n) is 5.73. The predicted octanol–water partition coefficient (Wildman–Crippen LogP) is 3.72. The Morgan fingerprint density at radius 1 is 1.09 bits per heavy atom. The zero-order valence-corrected chi connectivity index (χ0v) is 18.5. The van der Waals surface area contributed by atoms with E-state index in [2.05, 4.69) is 5.32 Å². The number of amides is 2. The molecule has 1 aliphatic heterocycles. The molecular formula is C24H27F3N2O4. The van der Waals surface area contributed by atoms with E-state index in [0.717, 1.165) is 12.1 Å². The van der Waals surface area contributed by atoms with Crippen LogP contribution in [0.5, 0.6) is 5.75 Å². The van der Waals surface area contributed by atoms with E-state index in [1.165, 1.54) is 18.1 Å². The van der Waals surface area contributed by atoms with Crippen molar-refractivity contribution in [3.05, 3.63) is 65.2 Å². The Kier molecular flexibility index (Phi) is 7.97. The largest absolute Gasteiger partial charge is 0.497 e. The maximum absolute atomic E-state index is 13.3. The molecule has 2 aromatic carbocycles. The van der Waals surface area contributed by atoms with Gasteiger partial charge in [0.1, 0.15) is 5.75 Å². The lowest BCUT2D eigenvalue weighted by Crippen LogP contribution is -2.36. The SMILES string of the molecule is COCCCNC(=O)C1CN(C(=O)c2cccc(OC)c2)CC1c1cccc(C(F)(F)F)c1. The Bertz CT molecular complexity index is 980. The Balaban J connectivity index is 1.86. The van der Waals surface area contributed by atoms with Crippen LogP contribution >= 0.6 is 0 Å². The van der Waals surface area contributed by atoms with Gasteiger partial charge in [-0.2, -0.15) is 13.2 Å². The van der Waals surface area contributed by atoms with E-state index in [-0.39, 0.29) is 24.9 Å². The summed E-state index contributed by atoms with van der Waals surface area (Å²) in [6.45, 7) is 1.09. The summed E-state index contributed by atoms with van der Waals surface area (Å²) in [7, 11) is 3.05. The van der Waals surface area contributed by atoms with E-state index in [9.17, 15) is 22.8 Å². The third kappa shape index (κ3) is 6.04. The summed E-state index contributed by atoms with van der Waals surface area (Å²) in [6, 6.07) is 11.6. The van der Waals surface area contributed by atoms with Gasteiger partial charge >= 0.3 is 6.18 Å².